The number of nitrogens with one attached hydrogen (secondary N) is 1. The fourth-order valence-electron chi connectivity index (χ4n) is 6.21. The number of rotatable bonds is 3. The summed E-state index contributed by atoms with van der Waals surface area (Å²) in [5, 5.41) is 6.52. The lowest BCUT2D eigenvalue weighted by atomic mass is 9.90. The van der Waals surface area contributed by atoms with Gasteiger partial charge in [0.15, 0.2) is 0 Å². The maximum atomic E-state index is 3.57. The van der Waals surface area contributed by atoms with Crippen LogP contribution in [-0.2, 0) is 0 Å². The fourth-order valence-corrected chi connectivity index (χ4v) is 6.21. The molecule has 0 amide bonds. The fraction of sp³-hybridized carbons (Fsp3) is 0.0556. The van der Waals surface area contributed by atoms with Crippen LogP contribution in [0.1, 0.15) is 17.9 Å². The molecule has 1 unspecified atom stereocenters. The number of para-hydroxylation sites is 2. The largest absolute Gasteiger partial charge is 0.355 e. The van der Waals surface area contributed by atoms with Gasteiger partial charge in [-0.15, -0.1) is 0 Å². The Balaban J connectivity index is 1.36. The number of nitrogens with zero attached hydrogens (tertiary/aromatic N) is 1. The molecular weight excluding hydrogens is 460 g/mol. The first kappa shape index (κ1) is 21.3. The average molecular weight is 487 g/mol. The van der Waals surface area contributed by atoms with E-state index in [1.807, 2.05) is 0 Å². The Hall–Kier alpha value is -4.82. The maximum absolute atomic E-state index is 3.57. The molecule has 2 nitrogen and oxygen atoms in total. The Labute approximate surface area is 220 Å². The van der Waals surface area contributed by atoms with Crippen molar-refractivity contribution in [2.75, 3.05) is 0 Å². The molecule has 0 saturated carbocycles. The minimum atomic E-state index is 0.329. The van der Waals surface area contributed by atoms with Crippen LogP contribution in [0.25, 0.3) is 61.7 Å². The summed E-state index contributed by atoms with van der Waals surface area (Å²) in [6.45, 7) is 0. The molecule has 5 aromatic carbocycles. The molecule has 1 atom stereocenters. The van der Waals surface area contributed by atoms with Crippen molar-refractivity contribution in [2.24, 2.45) is 0 Å². The Kier molecular flexibility index (Phi) is 4.68. The van der Waals surface area contributed by atoms with Crippen molar-refractivity contribution in [1.29, 1.82) is 0 Å². The van der Waals surface area contributed by atoms with E-state index in [4.69, 9.17) is 0 Å². The number of aromatic nitrogens is 2. The van der Waals surface area contributed by atoms with E-state index in [-0.39, 0.29) is 0 Å². The van der Waals surface area contributed by atoms with Crippen molar-refractivity contribution in [3.05, 3.63) is 137 Å². The molecule has 0 spiro atoms. The molecule has 1 N–H and O–H groups in total. The standard InChI is InChI=1S/C36H26N2/c1-3-9-24(10-4-1)25-16-19-35-31(22-25)32-23-27(17-20-36(32)38(35)28-11-5-2-6-12-28)26-15-18-34-30(21-26)29-13-7-8-14-33(29)37-34/h1-16,18-23,27,37H,17H2. The second-order valence-corrected chi connectivity index (χ2v) is 10.3. The van der Waals surface area contributed by atoms with Gasteiger partial charge in [-0.05, 0) is 65.6 Å². The summed E-state index contributed by atoms with van der Waals surface area (Å²) in [5.41, 5.74) is 8.71. The van der Waals surface area contributed by atoms with Crippen molar-refractivity contribution in [3.8, 4) is 16.8 Å². The molecule has 0 radical (unpaired) electrons. The van der Waals surface area contributed by atoms with E-state index >= 15 is 0 Å². The maximum Gasteiger partial charge on any atom is 0.0541 e. The molecule has 2 heterocycles. The van der Waals surface area contributed by atoms with Gasteiger partial charge in [0.1, 0.15) is 0 Å². The van der Waals surface area contributed by atoms with Crippen LogP contribution in [0.15, 0.2) is 121 Å². The summed E-state index contributed by atoms with van der Waals surface area (Å²) in [6.07, 6.45) is 5.92. The first-order valence-electron chi connectivity index (χ1n) is 13.3. The van der Waals surface area contributed by atoms with E-state index in [0.717, 1.165) is 6.42 Å². The first-order chi connectivity index (χ1) is 18.8. The summed E-state index contributed by atoms with van der Waals surface area (Å²) in [6, 6.07) is 43.9. The van der Waals surface area contributed by atoms with Crippen LogP contribution in [-0.4, -0.2) is 9.55 Å². The highest BCUT2D eigenvalue weighted by Gasteiger charge is 2.18. The minimum absolute atomic E-state index is 0.329. The lowest BCUT2D eigenvalue weighted by Crippen LogP contribution is -2.31. The van der Waals surface area contributed by atoms with E-state index in [2.05, 4.69) is 143 Å². The topological polar surface area (TPSA) is 20.7 Å². The predicted molar refractivity (Wildman–Crippen MR) is 160 cm³/mol. The normalized spacial score (nSPS) is 14.9. The van der Waals surface area contributed by atoms with Gasteiger partial charge >= 0.3 is 0 Å². The molecule has 0 fully saturated rings. The number of hydrogen-bond donors (Lipinski definition) is 1. The molecule has 1 aliphatic rings. The first-order valence-corrected chi connectivity index (χ1v) is 13.3. The zero-order chi connectivity index (χ0) is 25.1. The van der Waals surface area contributed by atoms with Gasteiger partial charge in [0, 0.05) is 49.4 Å². The van der Waals surface area contributed by atoms with Crippen LogP contribution in [0.5, 0.6) is 0 Å². The highest BCUT2D eigenvalue weighted by Crippen LogP contribution is 2.32. The van der Waals surface area contributed by atoms with Crippen molar-refractivity contribution in [2.45, 2.75) is 12.3 Å². The smallest absolute Gasteiger partial charge is 0.0541 e. The zero-order valence-corrected chi connectivity index (χ0v) is 20.9. The van der Waals surface area contributed by atoms with Gasteiger partial charge in [-0.1, -0.05) is 91.0 Å². The van der Waals surface area contributed by atoms with Crippen LogP contribution >= 0.6 is 0 Å². The van der Waals surface area contributed by atoms with E-state index < -0.39 is 0 Å². The molecule has 38 heavy (non-hydrogen) atoms. The average Bonchev–Trinajstić information content (AvgIpc) is 3.52. The highest BCUT2D eigenvalue weighted by atomic mass is 15.0. The minimum Gasteiger partial charge on any atom is -0.355 e. The second kappa shape index (κ2) is 8.36. The van der Waals surface area contributed by atoms with Gasteiger partial charge in [-0.3, -0.25) is 0 Å². The Morgan fingerprint density at radius 2 is 1.37 bits per heavy atom. The lowest BCUT2D eigenvalue weighted by molar-refractivity contribution is 0.909. The highest BCUT2D eigenvalue weighted by molar-refractivity contribution is 6.07. The number of benzene rings is 5. The van der Waals surface area contributed by atoms with Gasteiger partial charge in [-0.2, -0.15) is 0 Å². The molecule has 0 aliphatic heterocycles. The quantitative estimate of drug-likeness (QED) is 0.264. The molecule has 2 aromatic heterocycles. The molecule has 2 heteroatoms. The van der Waals surface area contributed by atoms with Gasteiger partial charge < -0.3 is 9.55 Å². The monoisotopic (exact) mass is 486 g/mol. The summed E-state index contributed by atoms with van der Waals surface area (Å²) < 4.78 is 2.43. The molecule has 8 rings (SSSR count). The lowest BCUT2D eigenvalue weighted by Gasteiger charge is -2.15. The van der Waals surface area contributed by atoms with Crippen LogP contribution in [0.3, 0.4) is 0 Å². The summed E-state index contributed by atoms with van der Waals surface area (Å²) in [7, 11) is 0. The van der Waals surface area contributed by atoms with Gasteiger partial charge in [-0.25, -0.2) is 0 Å². The molecule has 1 aliphatic carbocycles. The van der Waals surface area contributed by atoms with E-state index in [0.29, 0.717) is 5.92 Å². The third-order valence-corrected chi connectivity index (χ3v) is 8.06. The van der Waals surface area contributed by atoms with Gasteiger partial charge in [0.25, 0.3) is 0 Å². The third kappa shape index (κ3) is 3.27. The van der Waals surface area contributed by atoms with E-state index in [1.54, 1.807) is 0 Å². The zero-order valence-electron chi connectivity index (χ0n) is 20.9. The Morgan fingerprint density at radius 3 is 2.24 bits per heavy atom. The van der Waals surface area contributed by atoms with Gasteiger partial charge in [0.2, 0.25) is 0 Å². The van der Waals surface area contributed by atoms with Crippen LogP contribution in [0.2, 0.25) is 0 Å². The second-order valence-electron chi connectivity index (χ2n) is 10.3. The van der Waals surface area contributed by atoms with E-state index in [1.165, 1.54) is 65.7 Å². The van der Waals surface area contributed by atoms with Gasteiger partial charge in [0.05, 0.1) is 5.52 Å². The number of aromatic amines is 1. The molecule has 0 saturated heterocycles. The number of fused-ring (bicyclic) bond motifs is 6. The Morgan fingerprint density at radius 1 is 0.605 bits per heavy atom. The molecule has 7 aromatic rings. The van der Waals surface area contributed by atoms with Crippen molar-refractivity contribution < 1.29 is 0 Å². The van der Waals surface area contributed by atoms with Crippen molar-refractivity contribution >= 4 is 44.9 Å². The van der Waals surface area contributed by atoms with Crippen molar-refractivity contribution in [1.82, 2.24) is 9.55 Å². The SMILES string of the molecule is C1=c2c(n(-c3ccccc3)c3ccc(-c4ccccc4)cc23)=CCC1c1ccc2[nH]c3ccccc3c2c1. The van der Waals surface area contributed by atoms with Crippen LogP contribution in [0, 0.1) is 0 Å². The van der Waals surface area contributed by atoms with Crippen molar-refractivity contribution in [3.63, 3.8) is 0 Å². The molecule has 180 valence electrons. The molecule has 0 bridgehead atoms. The number of hydrogen-bond acceptors (Lipinski definition) is 0. The summed E-state index contributed by atoms with van der Waals surface area (Å²) >= 11 is 0. The number of H-pyrrole nitrogens is 1. The van der Waals surface area contributed by atoms with Crippen LogP contribution < -0.4 is 10.6 Å². The summed E-state index contributed by atoms with van der Waals surface area (Å²) in [5.74, 6) is 0.329. The molecular formula is C36H26N2. The third-order valence-electron chi connectivity index (χ3n) is 8.06. The van der Waals surface area contributed by atoms with E-state index in [9.17, 15) is 0 Å². The van der Waals surface area contributed by atoms with Crippen LogP contribution in [0.4, 0.5) is 0 Å². The predicted octanol–water partition coefficient (Wildman–Crippen LogP) is 7.68. The Bertz CT molecular complexity index is 2090. The summed E-state index contributed by atoms with van der Waals surface area (Å²) in [4.78, 5) is 3.57.